The molecule has 0 bridgehead atoms. The van der Waals surface area contributed by atoms with Gasteiger partial charge in [0.1, 0.15) is 0 Å². The fraction of sp³-hybridized carbons (Fsp3) is 0.294. The van der Waals surface area contributed by atoms with Gasteiger partial charge in [0.2, 0.25) is 0 Å². The number of allylic oxidation sites excluding steroid dienone is 10. The molecule has 17 heavy (non-hydrogen) atoms. The average Bonchev–Trinajstić information content (AvgIpc) is 2.53. The van der Waals surface area contributed by atoms with E-state index < -0.39 is 0 Å². The van der Waals surface area contributed by atoms with E-state index in [9.17, 15) is 0 Å². The summed E-state index contributed by atoms with van der Waals surface area (Å²) < 4.78 is 0. The molecule has 2 aliphatic carbocycles. The van der Waals surface area contributed by atoms with E-state index in [2.05, 4.69) is 43.5 Å². The first-order valence-electron chi connectivity index (χ1n) is 6.39. The van der Waals surface area contributed by atoms with Crippen LogP contribution in [0.25, 0.3) is 0 Å². The van der Waals surface area contributed by atoms with Crippen molar-refractivity contribution in [1.29, 1.82) is 0 Å². The molecule has 2 rings (SSSR count). The standard InChI is InChI=1S/C15H16.C2H6/c1-3-6-13-9-10-14-7-4-5-8-15(14)12(2)11-13;1-2/h3-4,6-7,9-10H,1-2,5,8,11H2;1-2H3/b13-6-;. The Balaban J connectivity index is 0.000000686. The average molecular weight is 226 g/mol. The summed E-state index contributed by atoms with van der Waals surface area (Å²) in [5.41, 5.74) is 5.31. The molecule has 0 nitrogen and oxygen atoms in total. The molecule has 0 heterocycles. The van der Waals surface area contributed by atoms with Crippen LogP contribution < -0.4 is 0 Å². The van der Waals surface area contributed by atoms with E-state index in [1.165, 1.54) is 22.3 Å². The summed E-state index contributed by atoms with van der Waals surface area (Å²) in [5, 5.41) is 0. The Morgan fingerprint density at radius 2 is 1.94 bits per heavy atom. The number of hydrogen-bond acceptors (Lipinski definition) is 0. The smallest absolute Gasteiger partial charge is 0.00287 e. The molecule has 0 aliphatic heterocycles. The van der Waals surface area contributed by atoms with Crippen LogP contribution in [0.2, 0.25) is 0 Å². The molecule has 0 spiro atoms. The molecule has 0 aromatic heterocycles. The highest BCUT2D eigenvalue weighted by Gasteiger charge is 2.13. The highest BCUT2D eigenvalue weighted by molar-refractivity contribution is 5.52. The molecule has 0 N–H and O–H groups in total. The lowest BCUT2D eigenvalue weighted by molar-refractivity contribution is 0.944. The van der Waals surface area contributed by atoms with Gasteiger partial charge in [0.05, 0.1) is 0 Å². The molecule has 0 aromatic rings. The van der Waals surface area contributed by atoms with Gasteiger partial charge in [-0.1, -0.05) is 63.5 Å². The second kappa shape index (κ2) is 6.90. The predicted octanol–water partition coefficient (Wildman–Crippen LogP) is 5.29. The van der Waals surface area contributed by atoms with Gasteiger partial charge in [-0.2, -0.15) is 0 Å². The first-order chi connectivity index (χ1) is 8.31. The molecule has 0 fully saturated rings. The van der Waals surface area contributed by atoms with Gasteiger partial charge in [0.15, 0.2) is 0 Å². The summed E-state index contributed by atoms with van der Waals surface area (Å²) >= 11 is 0. The number of rotatable bonds is 1. The molecule has 0 saturated carbocycles. The summed E-state index contributed by atoms with van der Waals surface area (Å²) in [6, 6.07) is 0. The molecule has 0 amide bonds. The van der Waals surface area contributed by atoms with E-state index in [4.69, 9.17) is 0 Å². The Bertz CT molecular complexity index is 411. The fourth-order valence-corrected chi connectivity index (χ4v) is 2.09. The molecular formula is C17H22. The first kappa shape index (κ1) is 13.5. The minimum Gasteiger partial charge on any atom is -0.0991 e. The van der Waals surface area contributed by atoms with E-state index in [1.807, 2.05) is 19.9 Å². The second-order valence-electron chi connectivity index (χ2n) is 3.97. The van der Waals surface area contributed by atoms with Crippen molar-refractivity contribution in [2.75, 3.05) is 0 Å². The van der Waals surface area contributed by atoms with Crippen LogP contribution in [0.15, 0.2) is 71.9 Å². The highest BCUT2D eigenvalue weighted by Crippen LogP contribution is 2.32. The second-order valence-corrected chi connectivity index (χ2v) is 3.97. The lowest BCUT2D eigenvalue weighted by atomic mass is 9.91. The van der Waals surface area contributed by atoms with Gasteiger partial charge < -0.3 is 0 Å². The molecule has 2 aliphatic rings. The van der Waals surface area contributed by atoms with Crippen molar-refractivity contribution in [2.45, 2.75) is 33.1 Å². The van der Waals surface area contributed by atoms with Gasteiger partial charge in [-0.15, -0.1) is 0 Å². The van der Waals surface area contributed by atoms with Gasteiger partial charge in [-0.05, 0) is 41.6 Å². The van der Waals surface area contributed by atoms with Crippen LogP contribution in [0, 0.1) is 0 Å². The molecule has 0 atom stereocenters. The Morgan fingerprint density at radius 1 is 1.18 bits per heavy atom. The van der Waals surface area contributed by atoms with Gasteiger partial charge in [0, 0.05) is 0 Å². The largest absolute Gasteiger partial charge is 0.0991 e. The fourth-order valence-electron chi connectivity index (χ4n) is 2.09. The van der Waals surface area contributed by atoms with Crippen LogP contribution in [0.4, 0.5) is 0 Å². The maximum atomic E-state index is 4.18. The molecule has 0 saturated heterocycles. The molecule has 90 valence electrons. The Labute approximate surface area is 105 Å². The summed E-state index contributed by atoms with van der Waals surface area (Å²) in [4.78, 5) is 0. The van der Waals surface area contributed by atoms with E-state index in [-0.39, 0.29) is 0 Å². The van der Waals surface area contributed by atoms with Gasteiger partial charge in [-0.25, -0.2) is 0 Å². The van der Waals surface area contributed by atoms with Gasteiger partial charge in [-0.3, -0.25) is 0 Å². The zero-order valence-electron chi connectivity index (χ0n) is 11.0. The van der Waals surface area contributed by atoms with E-state index in [0.29, 0.717) is 0 Å². The van der Waals surface area contributed by atoms with Crippen molar-refractivity contribution >= 4 is 0 Å². The number of hydrogen-bond donors (Lipinski definition) is 0. The summed E-state index contributed by atoms with van der Waals surface area (Å²) in [6.07, 6.45) is 15.9. The van der Waals surface area contributed by atoms with E-state index in [0.717, 1.165) is 19.3 Å². The lowest BCUT2D eigenvalue weighted by Gasteiger charge is -2.14. The molecule has 0 radical (unpaired) electrons. The predicted molar refractivity (Wildman–Crippen MR) is 77.9 cm³/mol. The lowest BCUT2D eigenvalue weighted by Crippen LogP contribution is -1.95. The zero-order chi connectivity index (χ0) is 12.7. The zero-order valence-corrected chi connectivity index (χ0v) is 11.0. The molecule has 0 heteroatoms. The van der Waals surface area contributed by atoms with Crippen LogP contribution in [0.5, 0.6) is 0 Å². The van der Waals surface area contributed by atoms with Crippen LogP contribution in [0.1, 0.15) is 33.1 Å². The quantitative estimate of drug-likeness (QED) is 0.570. The third-order valence-electron chi connectivity index (χ3n) is 2.86. The molecular weight excluding hydrogens is 204 g/mol. The first-order valence-corrected chi connectivity index (χ1v) is 6.39. The third-order valence-corrected chi connectivity index (χ3v) is 2.86. The minimum absolute atomic E-state index is 0.954. The summed E-state index contributed by atoms with van der Waals surface area (Å²) in [6.45, 7) is 11.9. The van der Waals surface area contributed by atoms with Crippen LogP contribution in [-0.2, 0) is 0 Å². The normalized spacial score (nSPS) is 20.6. The summed E-state index contributed by atoms with van der Waals surface area (Å²) in [5.74, 6) is 0. The van der Waals surface area contributed by atoms with Crippen LogP contribution >= 0.6 is 0 Å². The SMILES string of the molecule is C=C/C=C1/C=CC2=C(CCC=C2)C(=C)C1.CC. The Morgan fingerprint density at radius 3 is 2.65 bits per heavy atom. The van der Waals surface area contributed by atoms with Crippen LogP contribution in [-0.4, -0.2) is 0 Å². The Kier molecular flexibility index (Phi) is 5.48. The van der Waals surface area contributed by atoms with Crippen molar-refractivity contribution in [2.24, 2.45) is 0 Å². The molecule has 0 aromatic carbocycles. The minimum atomic E-state index is 0.954. The molecule has 0 unspecified atom stereocenters. The van der Waals surface area contributed by atoms with Gasteiger partial charge in [0.25, 0.3) is 0 Å². The third kappa shape index (κ3) is 3.45. The highest BCUT2D eigenvalue weighted by atomic mass is 14.2. The van der Waals surface area contributed by atoms with Crippen molar-refractivity contribution in [3.8, 4) is 0 Å². The topological polar surface area (TPSA) is 0 Å². The Hall–Kier alpha value is -1.56. The monoisotopic (exact) mass is 226 g/mol. The summed E-state index contributed by atoms with van der Waals surface area (Å²) in [7, 11) is 0. The van der Waals surface area contributed by atoms with E-state index in [1.54, 1.807) is 0 Å². The van der Waals surface area contributed by atoms with Crippen molar-refractivity contribution < 1.29 is 0 Å². The maximum absolute atomic E-state index is 4.18. The van der Waals surface area contributed by atoms with Gasteiger partial charge >= 0.3 is 0 Å². The van der Waals surface area contributed by atoms with Crippen molar-refractivity contribution in [3.05, 3.63) is 71.9 Å². The van der Waals surface area contributed by atoms with Crippen LogP contribution in [0.3, 0.4) is 0 Å². The maximum Gasteiger partial charge on any atom is -0.00287 e. The van der Waals surface area contributed by atoms with Crippen molar-refractivity contribution in [1.82, 2.24) is 0 Å². The van der Waals surface area contributed by atoms with Crippen molar-refractivity contribution in [3.63, 3.8) is 0 Å². The van der Waals surface area contributed by atoms with E-state index >= 15 is 0 Å².